The fourth-order valence-electron chi connectivity index (χ4n) is 3.67. The molecule has 0 spiro atoms. The van der Waals surface area contributed by atoms with Crippen LogP contribution in [0.15, 0.2) is 54.2 Å². The van der Waals surface area contributed by atoms with Gasteiger partial charge in [-0.15, -0.1) is 11.3 Å². The van der Waals surface area contributed by atoms with Gasteiger partial charge in [0.25, 0.3) is 0 Å². The van der Waals surface area contributed by atoms with Gasteiger partial charge in [0.1, 0.15) is 5.82 Å². The van der Waals surface area contributed by atoms with Crippen LogP contribution in [0, 0.1) is 0 Å². The second kappa shape index (κ2) is 7.81. The number of aliphatic hydroxyl groups excluding tert-OH is 1. The van der Waals surface area contributed by atoms with Gasteiger partial charge in [-0.3, -0.25) is 0 Å². The van der Waals surface area contributed by atoms with E-state index in [-0.39, 0.29) is 6.10 Å². The molecule has 0 bridgehead atoms. The number of anilines is 3. The summed E-state index contributed by atoms with van der Waals surface area (Å²) in [4.78, 5) is 9.39. The number of rotatable bonds is 5. The number of thiophene rings is 1. The number of aliphatic hydroxyl groups is 1. The first-order valence-electron chi connectivity index (χ1n) is 9.81. The predicted octanol–water partition coefficient (Wildman–Crippen LogP) is 4.34. The van der Waals surface area contributed by atoms with E-state index < -0.39 is 0 Å². The molecule has 0 radical (unpaired) electrons. The first-order valence-corrected chi connectivity index (χ1v) is 10.7. The van der Waals surface area contributed by atoms with Crippen molar-refractivity contribution in [3.8, 4) is 5.69 Å². The van der Waals surface area contributed by atoms with Crippen molar-refractivity contribution in [3.05, 3.63) is 54.2 Å². The maximum Gasteiger partial charge on any atom is 0.229 e. The zero-order valence-corrected chi connectivity index (χ0v) is 16.6. The van der Waals surface area contributed by atoms with Gasteiger partial charge < -0.3 is 15.7 Å². The van der Waals surface area contributed by atoms with Gasteiger partial charge in [0, 0.05) is 6.04 Å². The van der Waals surface area contributed by atoms with E-state index in [9.17, 15) is 5.11 Å². The van der Waals surface area contributed by atoms with Gasteiger partial charge in [-0.1, -0.05) is 18.2 Å². The average Bonchev–Trinajstić information content (AvgIpc) is 3.40. The van der Waals surface area contributed by atoms with Crippen LogP contribution in [0.1, 0.15) is 25.7 Å². The van der Waals surface area contributed by atoms with Crippen LogP contribution in [0.4, 0.5) is 17.5 Å². The lowest BCUT2D eigenvalue weighted by Crippen LogP contribution is -2.28. The van der Waals surface area contributed by atoms with Gasteiger partial charge in [0.05, 0.1) is 40.1 Å². The Hall–Kier alpha value is -2.97. The minimum atomic E-state index is -0.168. The van der Waals surface area contributed by atoms with Gasteiger partial charge in [0.15, 0.2) is 0 Å². The highest BCUT2D eigenvalue weighted by molar-refractivity contribution is 7.17. The topological polar surface area (TPSA) is 87.9 Å². The van der Waals surface area contributed by atoms with E-state index in [4.69, 9.17) is 4.98 Å². The third kappa shape index (κ3) is 3.94. The molecule has 8 heteroatoms. The van der Waals surface area contributed by atoms with Crippen LogP contribution in [-0.4, -0.2) is 37.0 Å². The summed E-state index contributed by atoms with van der Waals surface area (Å²) in [5.41, 5.74) is 2.74. The largest absolute Gasteiger partial charge is 0.393 e. The summed E-state index contributed by atoms with van der Waals surface area (Å²) >= 11 is 1.64. The number of aromatic nitrogens is 4. The first kappa shape index (κ1) is 18.1. The lowest BCUT2D eigenvalue weighted by Gasteiger charge is -2.26. The average molecular weight is 407 g/mol. The molecule has 3 N–H and O–H groups in total. The molecule has 3 aromatic heterocycles. The lowest BCUT2D eigenvalue weighted by molar-refractivity contribution is 0.126. The number of para-hydroxylation sites is 1. The first-order chi connectivity index (χ1) is 14.2. The Morgan fingerprint density at radius 3 is 2.69 bits per heavy atom. The number of nitrogens with one attached hydrogen (secondary N) is 2. The minimum Gasteiger partial charge on any atom is -0.393 e. The number of nitrogens with zero attached hydrogens (tertiary/aromatic N) is 4. The van der Waals surface area contributed by atoms with E-state index in [1.165, 1.54) is 0 Å². The number of benzene rings is 1. The lowest BCUT2D eigenvalue weighted by atomic mass is 9.93. The monoisotopic (exact) mass is 406 g/mol. The van der Waals surface area contributed by atoms with Gasteiger partial charge in [0.2, 0.25) is 5.95 Å². The summed E-state index contributed by atoms with van der Waals surface area (Å²) in [6.07, 6.45) is 7.09. The Morgan fingerprint density at radius 1 is 1.03 bits per heavy atom. The molecule has 0 aliphatic heterocycles. The van der Waals surface area contributed by atoms with E-state index in [0.717, 1.165) is 53.1 Å². The van der Waals surface area contributed by atoms with Gasteiger partial charge >= 0.3 is 0 Å². The second-order valence-electron chi connectivity index (χ2n) is 7.31. The van der Waals surface area contributed by atoms with Crippen LogP contribution < -0.4 is 10.6 Å². The molecule has 29 heavy (non-hydrogen) atoms. The Morgan fingerprint density at radius 2 is 1.86 bits per heavy atom. The Kier molecular flexibility index (Phi) is 4.87. The fourth-order valence-corrected chi connectivity index (χ4v) is 4.45. The molecule has 1 saturated carbocycles. The molecule has 5 rings (SSSR count). The van der Waals surface area contributed by atoms with Crippen molar-refractivity contribution in [1.82, 2.24) is 19.7 Å². The number of hydrogen-bond acceptors (Lipinski definition) is 7. The van der Waals surface area contributed by atoms with Crippen LogP contribution >= 0.6 is 11.3 Å². The summed E-state index contributed by atoms with van der Waals surface area (Å²) < 4.78 is 2.87. The van der Waals surface area contributed by atoms with Crippen molar-refractivity contribution in [2.45, 2.75) is 37.8 Å². The maximum absolute atomic E-state index is 9.76. The quantitative estimate of drug-likeness (QED) is 0.457. The second-order valence-corrected chi connectivity index (χ2v) is 8.23. The summed E-state index contributed by atoms with van der Waals surface area (Å²) in [5.74, 6) is 1.39. The van der Waals surface area contributed by atoms with Crippen molar-refractivity contribution in [2.24, 2.45) is 0 Å². The van der Waals surface area contributed by atoms with Crippen molar-refractivity contribution in [2.75, 3.05) is 10.6 Å². The van der Waals surface area contributed by atoms with Gasteiger partial charge in [-0.25, -0.2) is 9.67 Å². The third-order valence-electron chi connectivity index (χ3n) is 5.20. The van der Waals surface area contributed by atoms with E-state index in [1.807, 2.05) is 52.7 Å². The van der Waals surface area contributed by atoms with E-state index >= 15 is 0 Å². The van der Waals surface area contributed by atoms with Gasteiger partial charge in [-0.05, 0) is 49.3 Å². The van der Waals surface area contributed by atoms with E-state index in [1.54, 1.807) is 17.5 Å². The number of fused-ring (bicyclic) bond motifs is 1. The van der Waals surface area contributed by atoms with Crippen LogP contribution in [0.5, 0.6) is 0 Å². The van der Waals surface area contributed by atoms with Crippen molar-refractivity contribution < 1.29 is 5.11 Å². The van der Waals surface area contributed by atoms with E-state index in [0.29, 0.717) is 12.0 Å². The molecular formula is C21H22N6OS. The Balaban J connectivity index is 1.39. The SMILES string of the molecule is OC1CCC(Nc2nc(Nc3cnn(-c4ccccc4)c3)nc3ccsc23)CC1. The molecule has 0 saturated heterocycles. The third-order valence-corrected chi connectivity index (χ3v) is 6.11. The Labute approximate surface area is 172 Å². The zero-order chi connectivity index (χ0) is 19.6. The highest BCUT2D eigenvalue weighted by Gasteiger charge is 2.21. The molecule has 1 aliphatic rings. The molecule has 1 aliphatic carbocycles. The smallest absolute Gasteiger partial charge is 0.229 e. The van der Waals surface area contributed by atoms with Crippen LogP contribution in [-0.2, 0) is 0 Å². The molecule has 0 unspecified atom stereocenters. The summed E-state index contributed by atoms with van der Waals surface area (Å²) in [6.45, 7) is 0. The highest BCUT2D eigenvalue weighted by Crippen LogP contribution is 2.31. The number of hydrogen-bond donors (Lipinski definition) is 3. The maximum atomic E-state index is 9.76. The molecule has 3 heterocycles. The van der Waals surface area contributed by atoms with Crippen molar-refractivity contribution in [3.63, 3.8) is 0 Å². The summed E-state index contributed by atoms with van der Waals surface area (Å²) in [6, 6.07) is 12.3. The minimum absolute atomic E-state index is 0.168. The van der Waals surface area contributed by atoms with Crippen LogP contribution in [0.3, 0.4) is 0 Å². The molecule has 148 valence electrons. The van der Waals surface area contributed by atoms with Gasteiger partial charge in [-0.2, -0.15) is 10.1 Å². The predicted molar refractivity (Wildman–Crippen MR) is 116 cm³/mol. The van der Waals surface area contributed by atoms with E-state index in [2.05, 4.69) is 20.7 Å². The zero-order valence-electron chi connectivity index (χ0n) is 15.8. The summed E-state index contributed by atoms with van der Waals surface area (Å²) in [7, 11) is 0. The molecule has 1 fully saturated rings. The molecule has 4 aromatic rings. The molecule has 1 aromatic carbocycles. The Bertz CT molecular complexity index is 1100. The van der Waals surface area contributed by atoms with Crippen LogP contribution in [0.2, 0.25) is 0 Å². The summed E-state index contributed by atoms with van der Waals surface area (Å²) in [5, 5.41) is 23.1. The molecule has 0 atom stereocenters. The normalized spacial score (nSPS) is 19.3. The van der Waals surface area contributed by atoms with Crippen molar-refractivity contribution >= 4 is 39.0 Å². The molecular weight excluding hydrogens is 384 g/mol. The molecule has 0 amide bonds. The van der Waals surface area contributed by atoms with Crippen molar-refractivity contribution in [1.29, 1.82) is 0 Å². The van der Waals surface area contributed by atoms with Crippen LogP contribution in [0.25, 0.3) is 15.9 Å². The highest BCUT2D eigenvalue weighted by atomic mass is 32.1. The molecule has 7 nitrogen and oxygen atoms in total. The fraction of sp³-hybridized carbons (Fsp3) is 0.286. The standard InChI is InChI=1S/C21H22N6OS/c28-17-8-6-14(7-9-17)23-20-19-18(10-11-29-19)25-21(26-20)24-15-12-22-27(13-15)16-4-2-1-3-5-16/h1-5,10-14,17,28H,6-9H2,(H2,23,24,25,26).